The van der Waals surface area contributed by atoms with Crippen LogP contribution in [0.3, 0.4) is 0 Å². The van der Waals surface area contributed by atoms with Crippen LogP contribution in [-0.2, 0) is 15.8 Å². The van der Waals surface area contributed by atoms with E-state index in [9.17, 15) is 5.11 Å². The van der Waals surface area contributed by atoms with E-state index in [-0.39, 0.29) is 6.10 Å². The summed E-state index contributed by atoms with van der Waals surface area (Å²) in [6, 6.07) is 16.4. The minimum absolute atomic E-state index is 0.0290. The number of halogens is 1. The Hall–Kier alpha value is -3.01. The normalized spacial score (nSPS) is 20.4. The maximum Gasteiger partial charge on any atom is 0.226 e. The van der Waals surface area contributed by atoms with Gasteiger partial charge in [0.15, 0.2) is 0 Å². The molecule has 0 bridgehead atoms. The molecule has 6 nitrogen and oxygen atoms in total. The molecule has 6 rings (SSSR count). The van der Waals surface area contributed by atoms with Crippen LogP contribution in [0, 0.1) is 39.5 Å². The molecule has 49 heavy (non-hydrogen) atoms. The monoisotopic (exact) mass is 778 g/mol. The van der Waals surface area contributed by atoms with Gasteiger partial charge in [-0.25, -0.2) is 9.97 Å². The summed E-state index contributed by atoms with van der Waals surface area (Å²) in [6.07, 6.45) is 15.8. The van der Waals surface area contributed by atoms with Gasteiger partial charge < -0.3 is 18.7 Å². The zero-order valence-electron chi connectivity index (χ0n) is 29.9. The van der Waals surface area contributed by atoms with Gasteiger partial charge in [-0.1, -0.05) is 83.0 Å². The number of benzene rings is 2. The Morgan fingerprint density at radius 2 is 1.31 bits per heavy atom. The lowest BCUT2D eigenvalue weighted by Crippen LogP contribution is -2.22. The quantitative estimate of drug-likeness (QED) is 0.0981. The van der Waals surface area contributed by atoms with Crippen molar-refractivity contribution in [3.8, 4) is 22.9 Å². The molecule has 0 aliphatic heterocycles. The molecule has 2 aromatic heterocycles. The molecule has 2 aliphatic rings. The van der Waals surface area contributed by atoms with Crippen molar-refractivity contribution in [3.05, 3.63) is 108 Å². The van der Waals surface area contributed by atoms with Crippen LogP contribution in [-0.4, -0.2) is 27.3 Å². The summed E-state index contributed by atoms with van der Waals surface area (Å²) >= 11 is 2.30. The van der Waals surface area contributed by atoms with Crippen molar-refractivity contribution in [2.24, 2.45) is 11.8 Å². The summed E-state index contributed by atoms with van der Waals surface area (Å²) in [6.45, 7) is 16.2. The smallest absolute Gasteiger partial charge is 0.226 e. The molecule has 2 aliphatic carbocycles. The molecule has 4 atom stereocenters. The predicted octanol–water partition coefficient (Wildman–Crippen LogP) is 11.6. The number of hydrogen-bond acceptors (Lipinski definition) is 6. The predicted molar refractivity (Wildman–Crippen MR) is 209 cm³/mol. The minimum atomic E-state index is -0.0290. The molecule has 4 unspecified atom stereocenters. The molecule has 1 N–H and O–H groups in total. The summed E-state index contributed by atoms with van der Waals surface area (Å²) in [5, 5.41) is 9.27. The molecule has 2 aromatic carbocycles. The Morgan fingerprint density at radius 1 is 0.776 bits per heavy atom. The Balaban J connectivity index is 0.000000184. The third kappa shape index (κ3) is 12.4. The number of hydrogen-bond donors (Lipinski definition) is 1. The van der Waals surface area contributed by atoms with Gasteiger partial charge in [0.1, 0.15) is 17.2 Å². The lowest BCUT2D eigenvalue weighted by atomic mass is 9.85. The van der Waals surface area contributed by atoms with E-state index < -0.39 is 0 Å². The van der Waals surface area contributed by atoms with Gasteiger partial charge in [0, 0.05) is 15.6 Å². The van der Waals surface area contributed by atoms with Crippen LogP contribution in [0.4, 0.5) is 0 Å². The third-order valence-electron chi connectivity index (χ3n) is 9.39. The fourth-order valence-corrected chi connectivity index (χ4v) is 7.38. The number of oxazole rings is 2. The van der Waals surface area contributed by atoms with Gasteiger partial charge in [0.2, 0.25) is 11.8 Å². The fraction of sp³-hybridized carbons (Fsp3) is 0.476. The van der Waals surface area contributed by atoms with Crippen molar-refractivity contribution in [2.75, 3.05) is 0 Å². The highest BCUT2D eigenvalue weighted by atomic mass is 127. The molecule has 0 radical (unpaired) electrons. The van der Waals surface area contributed by atoms with Crippen LogP contribution < -0.4 is 0 Å². The SMILES string of the molecule is C=CCC1CCCC(O)C1.C=CCC1CCCC(OCc2nc(-c3cccc(C)c3)oc2C)C1.Cc1cccc(-c2nc(CI)c(C)o2)c1. The number of aliphatic hydroxyl groups is 1. The van der Waals surface area contributed by atoms with Crippen molar-refractivity contribution < 1.29 is 18.7 Å². The number of aryl methyl sites for hydroxylation is 4. The second-order valence-electron chi connectivity index (χ2n) is 13.6. The van der Waals surface area contributed by atoms with Crippen molar-refractivity contribution in [2.45, 2.75) is 115 Å². The number of ether oxygens (including phenoxy) is 1. The van der Waals surface area contributed by atoms with Crippen LogP contribution in [0.25, 0.3) is 22.9 Å². The average molecular weight is 779 g/mol. The molecule has 2 saturated carbocycles. The first-order valence-electron chi connectivity index (χ1n) is 17.8. The number of aliphatic hydroxyl groups excluding tert-OH is 1. The summed E-state index contributed by atoms with van der Waals surface area (Å²) in [5.74, 6) is 4.61. The maximum absolute atomic E-state index is 9.27. The fourth-order valence-electron chi connectivity index (χ4n) is 6.67. The van der Waals surface area contributed by atoms with E-state index in [0.717, 1.165) is 88.8 Å². The number of allylic oxidation sites excluding steroid dienone is 2. The van der Waals surface area contributed by atoms with Crippen LogP contribution in [0.5, 0.6) is 0 Å². The maximum atomic E-state index is 9.27. The first-order valence-corrected chi connectivity index (χ1v) is 19.4. The van der Waals surface area contributed by atoms with Crippen molar-refractivity contribution in [1.82, 2.24) is 9.97 Å². The molecule has 2 heterocycles. The van der Waals surface area contributed by atoms with Gasteiger partial charge in [-0.3, -0.25) is 0 Å². The third-order valence-corrected chi connectivity index (χ3v) is 10.1. The molecule has 7 heteroatoms. The minimum Gasteiger partial charge on any atom is -0.441 e. The van der Waals surface area contributed by atoms with E-state index in [2.05, 4.69) is 83.8 Å². The van der Waals surface area contributed by atoms with E-state index >= 15 is 0 Å². The first kappa shape index (κ1) is 38.8. The Bertz CT molecular complexity index is 1610. The lowest BCUT2D eigenvalue weighted by molar-refractivity contribution is 0.000943. The van der Waals surface area contributed by atoms with E-state index in [1.807, 2.05) is 50.3 Å². The molecule has 0 amide bonds. The number of rotatable bonds is 10. The highest BCUT2D eigenvalue weighted by Crippen LogP contribution is 2.31. The average Bonchev–Trinajstić information content (AvgIpc) is 3.66. The Morgan fingerprint density at radius 3 is 1.82 bits per heavy atom. The second kappa shape index (κ2) is 20.0. The summed E-state index contributed by atoms with van der Waals surface area (Å²) < 4.78 is 18.5. The molecule has 0 saturated heterocycles. The van der Waals surface area contributed by atoms with Crippen molar-refractivity contribution in [1.29, 1.82) is 0 Å². The lowest BCUT2D eigenvalue weighted by Gasteiger charge is -2.28. The molecular formula is C42H55IN2O4. The largest absolute Gasteiger partial charge is 0.441 e. The van der Waals surface area contributed by atoms with E-state index in [1.54, 1.807) is 0 Å². The number of alkyl halides is 1. The van der Waals surface area contributed by atoms with Crippen molar-refractivity contribution >= 4 is 22.6 Å². The van der Waals surface area contributed by atoms with Gasteiger partial charge >= 0.3 is 0 Å². The van der Waals surface area contributed by atoms with Crippen LogP contribution in [0.2, 0.25) is 0 Å². The van der Waals surface area contributed by atoms with Crippen LogP contribution in [0.1, 0.15) is 98.2 Å². The Labute approximate surface area is 307 Å². The molecule has 264 valence electrons. The number of nitrogens with zero attached hydrogens (tertiary/aromatic N) is 2. The van der Waals surface area contributed by atoms with Crippen LogP contribution >= 0.6 is 22.6 Å². The summed E-state index contributed by atoms with van der Waals surface area (Å²) in [5.41, 5.74) is 6.45. The second-order valence-corrected chi connectivity index (χ2v) is 14.4. The van der Waals surface area contributed by atoms with Gasteiger partial charge in [-0.2, -0.15) is 0 Å². The van der Waals surface area contributed by atoms with Gasteiger partial charge in [0.05, 0.1) is 24.5 Å². The van der Waals surface area contributed by atoms with E-state index in [0.29, 0.717) is 24.5 Å². The molecular weight excluding hydrogens is 723 g/mol. The van der Waals surface area contributed by atoms with E-state index in [1.165, 1.54) is 36.8 Å². The summed E-state index contributed by atoms with van der Waals surface area (Å²) in [4.78, 5) is 9.12. The standard InChI is InChI=1S/C21H27NO2.C12H12INO.C9H16O/c1-4-7-17-9-6-11-19(13-17)23-14-20-16(3)24-21(22-20)18-10-5-8-15(2)12-18;1-8-4-3-5-10(6-8)12-14-11(7-13)9(2)15-12;1-2-4-8-5-3-6-9(10)7-8/h4-5,8,10,12,17,19H,1,6-7,9,11,13-14H2,2-3H3;3-6H,7H2,1-2H3;2,8-10H,1,3-7H2. The van der Waals surface area contributed by atoms with Gasteiger partial charge in [-0.15, -0.1) is 13.2 Å². The Kier molecular flexibility index (Phi) is 15.8. The summed E-state index contributed by atoms with van der Waals surface area (Å²) in [7, 11) is 0. The zero-order chi connectivity index (χ0) is 35.2. The van der Waals surface area contributed by atoms with Gasteiger partial charge in [0.25, 0.3) is 0 Å². The molecule has 0 spiro atoms. The van der Waals surface area contributed by atoms with Crippen molar-refractivity contribution in [3.63, 3.8) is 0 Å². The number of aromatic nitrogens is 2. The topological polar surface area (TPSA) is 81.5 Å². The van der Waals surface area contributed by atoms with Gasteiger partial charge in [-0.05, 0) is 115 Å². The highest BCUT2D eigenvalue weighted by molar-refractivity contribution is 14.1. The highest BCUT2D eigenvalue weighted by Gasteiger charge is 2.23. The zero-order valence-corrected chi connectivity index (χ0v) is 32.1. The first-order chi connectivity index (χ1) is 23.7. The molecule has 4 aromatic rings. The van der Waals surface area contributed by atoms with E-state index in [4.69, 9.17) is 13.6 Å². The molecule has 2 fully saturated rings. The van der Waals surface area contributed by atoms with Crippen LogP contribution in [0.15, 0.2) is 82.7 Å².